The maximum atomic E-state index is 12.3. The van der Waals surface area contributed by atoms with Crippen molar-refractivity contribution < 1.29 is 18.0 Å². The summed E-state index contributed by atoms with van der Waals surface area (Å²) in [5.41, 5.74) is 0. The predicted molar refractivity (Wildman–Crippen MR) is 90.5 cm³/mol. The Bertz CT molecular complexity index is 592. The summed E-state index contributed by atoms with van der Waals surface area (Å²) in [6, 6.07) is 0.220. The third-order valence-corrected chi connectivity index (χ3v) is 7.31. The van der Waals surface area contributed by atoms with Gasteiger partial charge in [-0.05, 0) is 50.4 Å². The largest absolute Gasteiger partial charge is 0.339 e. The molecule has 0 spiro atoms. The number of nitrogens with one attached hydrogen (secondary N) is 1. The van der Waals surface area contributed by atoms with Crippen molar-refractivity contribution in [2.24, 2.45) is 17.8 Å². The predicted octanol–water partition coefficient (Wildman–Crippen LogP) is 1.66. The van der Waals surface area contributed by atoms with Crippen LogP contribution in [0.4, 0.5) is 0 Å². The van der Waals surface area contributed by atoms with E-state index in [4.69, 9.17) is 0 Å². The van der Waals surface area contributed by atoms with Gasteiger partial charge in [-0.1, -0.05) is 13.3 Å². The smallest absolute Gasteiger partial charge is 0.238 e. The molecule has 3 fully saturated rings. The van der Waals surface area contributed by atoms with Gasteiger partial charge in [-0.25, -0.2) is 8.42 Å². The maximum absolute atomic E-state index is 12.3. The summed E-state index contributed by atoms with van der Waals surface area (Å²) < 4.78 is 26.3. The molecule has 1 N–H and O–H groups in total. The van der Waals surface area contributed by atoms with Crippen molar-refractivity contribution in [3.8, 4) is 0 Å². The molecule has 2 aliphatic carbocycles. The first-order valence-corrected chi connectivity index (χ1v) is 10.8. The van der Waals surface area contributed by atoms with Gasteiger partial charge in [-0.3, -0.25) is 14.3 Å². The number of rotatable bonds is 5. The number of amides is 2. The topological polar surface area (TPSA) is 83.6 Å². The SMILES string of the molecule is CC1CCC(N2C[C@@H](C(=O)NS(=O)(=O)CC3CCC3)CC2=O)CC1. The molecule has 1 atom stereocenters. The van der Waals surface area contributed by atoms with Gasteiger partial charge in [-0.2, -0.15) is 0 Å². The summed E-state index contributed by atoms with van der Waals surface area (Å²) in [6.45, 7) is 2.59. The number of sulfonamides is 1. The fourth-order valence-corrected chi connectivity index (χ4v) is 5.57. The first-order chi connectivity index (χ1) is 11.3. The first-order valence-electron chi connectivity index (χ1n) is 9.18. The highest BCUT2D eigenvalue weighted by Crippen LogP contribution is 2.31. The highest BCUT2D eigenvalue weighted by atomic mass is 32.2. The summed E-state index contributed by atoms with van der Waals surface area (Å²) in [5.74, 6) is -0.131. The van der Waals surface area contributed by atoms with E-state index >= 15 is 0 Å². The number of carbonyl (C=O) groups excluding carboxylic acids is 2. The number of nitrogens with zero attached hydrogens (tertiary/aromatic N) is 1. The molecule has 3 aliphatic rings. The van der Waals surface area contributed by atoms with Crippen LogP contribution in [0.25, 0.3) is 0 Å². The van der Waals surface area contributed by atoms with E-state index in [0.717, 1.165) is 44.9 Å². The van der Waals surface area contributed by atoms with Crippen LogP contribution in [-0.2, 0) is 19.6 Å². The molecule has 0 unspecified atom stereocenters. The Morgan fingerprint density at radius 2 is 1.83 bits per heavy atom. The second-order valence-electron chi connectivity index (χ2n) is 7.91. The van der Waals surface area contributed by atoms with Gasteiger partial charge in [0, 0.05) is 19.0 Å². The van der Waals surface area contributed by atoms with E-state index in [0.29, 0.717) is 12.5 Å². The van der Waals surface area contributed by atoms with Gasteiger partial charge in [0.1, 0.15) is 0 Å². The van der Waals surface area contributed by atoms with Gasteiger partial charge in [0.15, 0.2) is 0 Å². The summed E-state index contributed by atoms with van der Waals surface area (Å²) in [6.07, 6.45) is 7.25. The fourth-order valence-electron chi connectivity index (χ4n) is 4.06. The average Bonchev–Trinajstić information content (AvgIpc) is 2.86. The Labute approximate surface area is 144 Å². The molecule has 2 amide bonds. The van der Waals surface area contributed by atoms with Crippen molar-refractivity contribution >= 4 is 21.8 Å². The minimum Gasteiger partial charge on any atom is -0.339 e. The van der Waals surface area contributed by atoms with E-state index in [1.165, 1.54) is 0 Å². The molecular formula is C17H28N2O4S. The number of hydrogen-bond acceptors (Lipinski definition) is 4. The van der Waals surface area contributed by atoms with E-state index in [1.54, 1.807) is 0 Å². The lowest BCUT2D eigenvalue weighted by Gasteiger charge is -2.33. The lowest BCUT2D eigenvalue weighted by atomic mass is 9.87. The normalized spacial score (nSPS) is 31.8. The Balaban J connectivity index is 1.53. The molecule has 3 rings (SSSR count). The molecule has 7 heteroatoms. The molecule has 1 heterocycles. The van der Waals surface area contributed by atoms with Crippen LogP contribution in [0.15, 0.2) is 0 Å². The first kappa shape index (κ1) is 17.7. The molecule has 0 aromatic carbocycles. The molecular weight excluding hydrogens is 328 g/mol. The standard InChI is InChI=1S/C17H28N2O4S/c1-12-5-7-15(8-6-12)19-10-14(9-16(19)20)17(21)18-24(22,23)11-13-3-2-4-13/h12-15H,2-11H2,1H3,(H,18,21)/t12?,14-,15?/m0/s1. The van der Waals surface area contributed by atoms with Crippen molar-refractivity contribution in [2.45, 2.75) is 64.3 Å². The third kappa shape index (κ3) is 4.10. The van der Waals surface area contributed by atoms with Gasteiger partial charge in [0.25, 0.3) is 0 Å². The molecule has 24 heavy (non-hydrogen) atoms. The van der Waals surface area contributed by atoms with Crippen LogP contribution in [0.1, 0.15) is 58.3 Å². The van der Waals surface area contributed by atoms with E-state index < -0.39 is 21.8 Å². The van der Waals surface area contributed by atoms with Gasteiger partial charge in [0.2, 0.25) is 21.8 Å². The van der Waals surface area contributed by atoms with Gasteiger partial charge in [0.05, 0.1) is 11.7 Å². The highest BCUT2D eigenvalue weighted by Gasteiger charge is 2.40. The molecule has 6 nitrogen and oxygen atoms in total. The molecule has 136 valence electrons. The van der Waals surface area contributed by atoms with Crippen LogP contribution >= 0.6 is 0 Å². The summed E-state index contributed by atoms with van der Waals surface area (Å²) >= 11 is 0. The van der Waals surface area contributed by atoms with Crippen LogP contribution in [0.3, 0.4) is 0 Å². The van der Waals surface area contributed by atoms with Crippen LogP contribution < -0.4 is 4.72 Å². The molecule has 0 aromatic rings. The van der Waals surface area contributed by atoms with Crippen molar-refractivity contribution in [2.75, 3.05) is 12.3 Å². The Morgan fingerprint density at radius 3 is 2.42 bits per heavy atom. The summed E-state index contributed by atoms with van der Waals surface area (Å²) in [5, 5.41) is 0. The summed E-state index contributed by atoms with van der Waals surface area (Å²) in [7, 11) is -3.57. The maximum Gasteiger partial charge on any atom is 0.238 e. The number of carbonyl (C=O) groups is 2. The molecule has 0 bridgehead atoms. The highest BCUT2D eigenvalue weighted by molar-refractivity contribution is 7.90. The zero-order valence-electron chi connectivity index (χ0n) is 14.4. The fraction of sp³-hybridized carbons (Fsp3) is 0.882. The lowest BCUT2D eigenvalue weighted by Crippen LogP contribution is -2.42. The quantitative estimate of drug-likeness (QED) is 0.812. The van der Waals surface area contributed by atoms with Crippen LogP contribution in [0, 0.1) is 17.8 Å². The van der Waals surface area contributed by atoms with E-state index in [-0.39, 0.29) is 30.0 Å². The van der Waals surface area contributed by atoms with Crippen LogP contribution in [0.5, 0.6) is 0 Å². The minimum atomic E-state index is -3.57. The van der Waals surface area contributed by atoms with Gasteiger partial charge in [-0.15, -0.1) is 0 Å². The van der Waals surface area contributed by atoms with Crippen molar-refractivity contribution in [3.05, 3.63) is 0 Å². The molecule has 1 aliphatic heterocycles. The van der Waals surface area contributed by atoms with E-state index in [9.17, 15) is 18.0 Å². The molecule has 2 saturated carbocycles. The van der Waals surface area contributed by atoms with Crippen molar-refractivity contribution in [1.82, 2.24) is 9.62 Å². The van der Waals surface area contributed by atoms with Crippen molar-refractivity contribution in [3.63, 3.8) is 0 Å². The Morgan fingerprint density at radius 1 is 1.17 bits per heavy atom. The van der Waals surface area contributed by atoms with Crippen molar-refractivity contribution in [1.29, 1.82) is 0 Å². The Kier molecular flexibility index (Phi) is 5.18. The van der Waals surface area contributed by atoms with Gasteiger partial charge < -0.3 is 4.90 Å². The lowest BCUT2D eigenvalue weighted by molar-refractivity contribution is -0.130. The minimum absolute atomic E-state index is 0.00825. The zero-order valence-corrected chi connectivity index (χ0v) is 15.2. The van der Waals surface area contributed by atoms with E-state index in [2.05, 4.69) is 11.6 Å². The number of likely N-dealkylation sites (tertiary alicyclic amines) is 1. The summed E-state index contributed by atoms with van der Waals surface area (Å²) in [4.78, 5) is 26.4. The second-order valence-corrected chi connectivity index (χ2v) is 9.67. The van der Waals surface area contributed by atoms with E-state index in [1.807, 2.05) is 4.90 Å². The van der Waals surface area contributed by atoms with Crippen LogP contribution in [0.2, 0.25) is 0 Å². The zero-order chi connectivity index (χ0) is 17.3. The third-order valence-electron chi connectivity index (χ3n) is 5.89. The molecule has 0 aromatic heterocycles. The second kappa shape index (κ2) is 7.02. The average molecular weight is 356 g/mol. The number of hydrogen-bond donors (Lipinski definition) is 1. The Hall–Kier alpha value is -1.11. The molecule has 0 radical (unpaired) electrons. The van der Waals surface area contributed by atoms with Crippen LogP contribution in [-0.4, -0.2) is 43.5 Å². The monoisotopic (exact) mass is 356 g/mol. The molecule has 1 saturated heterocycles. The van der Waals surface area contributed by atoms with Gasteiger partial charge >= 0.3 is 0 Å².